The Morgan fingerprint density at radius 1 is 1.18 bits per heavy atom. The summed E-state index contributed by atoms with van der Waals surface area (Å²) >= 11 is 0. The summed E-state index contributed by atoms with van der Waals surface area (Å²) in [5.74, 6) is 1.66. The largest absolute Gasteiger partial charge is 0.497 e. The molecule has 0 bridgehead atoms. The van der Waals surface area contributed by atoms with Gasteiger partial charge in [-0.15, -0.1) is 0 Å². The van der Waals surface area contributed by atoms with E-state index in [9.17, 15) is 0 Å². The minimum Gasteiger partial charge on any atom is -0.497 e. The summed E-state index contributed by atoms with van der Waals surface area (Å²) in [5, 5.41) is 3.62. The fraction of sp³-hybridized carbons (Fsp3) is 0.600. The van der Waals surface area contributed by atoms with Crippen molar-refractivity contribution in [3.8, 4) is 5.75 Å². The van der Waals surface area contributed by atoms with Gasteiger partial charge in [0.15, 0.2) is 0 Å². The van der Waals surface area contributed by atoms with E-state index in [0.29, 0.717) is 12.1 Å². The van der Waals surface area contributed by atoms with E-state index in [4.69, 9.17) is 4.74 Å². The minimum atomic E-state index is 0.360. The zero-order valence-electron chi connectivity index (χ0n) is 11.7. The van der Waals surface area contributed by atoms with Crippen LogP contribution in [0.25, 0.3) is 0 Å². The first-order valence-corrected chi connectivity index (χ1v) is 6.43. The van der Waals surface area contributed by atoms with Crippen molar-refractivity contribution in [2.45, 2.75) is 46.2 Å². The molecule has 0 spiro atoms. The molecule has 0 amide bonds. The first-order chi connectivity index (χ1) is 8.02. The second-order valence-electron chi connectivity index (χ2n) is 5.20. The predicted octanol–water partition coefficient (Wildman–Crippen LogP) is 3.78. The van der Waals surface area contributed by atoms with Crippen LogP contribution in [0.4, 0.5) is 0 Å². The van der Waals surface area contributed by atoms with Crippen molar-refractivity contribution in [1.29, 1.82) is 0 Å². The summed E-state index contributed by atoms with van der Waals surface area (Å²) in [4.78, 5) is 0. The van der Waals surface area contributed by atoms with Crippen LogP contribution in [0.5, 0.6) is 5.75 Å². The van der Waals surface area contributed by atoms with E-state index in [-0.39, 0.29) is 0 Å². The summed E-state index contributed by atoms with van der Waals surface area (Å²) < 4.78 is 5.25. The van der Waals surface area contributed by atoms with Gasteiger partial charge in [-0.05, 0) is 43.9 Å². The zero-order chi connectivity index (χ0) is 12.8. The summed E-state index contributed by atoms with van der Waals surface area (Å²) in [6.07, 6.45) is 1.20. The van der Waals surface area contributed by atoms with Crippen LogP contribution in [0, 0.1) is 5.92 Å². The fourth-order valence-electron chi connectivity index (χ4n) is 2.21. The van der Waals surface area contributed by atoms with Gasteiger partial charge in [0.25, 0.3) is 0 Å². The number of hydrogen-bond donors (Lipinski definition) is 1. The topological polar surface area (TPSA) is 21.3 Å². The van der Waals surface area contributed by atoms with Gasteiger partial charge in [0.05, 0.1) is 7.11 Å². The summed E-state index contributed by atoms with van der Waals surface area (Å²) in [7, 11) is 1.71. The van der Waals surface area contributed by atoms with Gasteiger partial charge in [0, 0.05) is 12.1 Å². The highest BCUT2D eigenvalue weighted by atomic mass is 16.5. The lowest BCUT2D eigenvalue weighted by Crippen LogP contribution is -2.30. The van der Waals surface area contributed by atoms with Gasteiger partial charge in [0.2, 0.25) is 0 Å². The number of methoxy groups -OCH3 is 1. The molecule has 1 rings (SSSR count). The normalized spacial score (nSPS) is 14.7. The molecule has 0 saturated carbocycles. The van der Waals surface area contributed by atoms with E-state index in [1.54, 1.807) is 7.11 Å². The van der Waals surface area contributed by atoms with Crippen molar-refractivity contribution in [2.24, 2.45) is 5.92 Å². The molecule has 0 fully saturated rings. The maximum Gasteiger partial charge on any atom is 0.119 e. The molecular weight excluding hydrogens is 210 g/mol. The maximum atomic E-state index is 5.25. The molecule has 17 heavy (non-hydrogen) atoms. The van der Waals surface area contributed by atoms with Crippen molar-refractivity contribution in [2.75, 3.05) is 7.11 Å². The molecular formula is C15H25NO. The molecule has 1 aromatic carbocycles. The second kappa shape index (κ2) is 6.65. The standard InChI is InChI=1S/C15H25NO/c1-11(2)9-12(3)16-13(4)14-7-6-8-15(10-14)17-5/h6-8,10-13,16H,9H2,1-5H3. The van der Waals surface area contributed by atoms with Gasteiger partial charge < -0.3 is 10.1 Å². The molecule has 1 N–H and O–H groups in total. The predicted molar refractivity (Wildman–Crippen MR) is 73.5 cm³/mol. The van der Waals surface area contributed by atoms with E-state index < -0.39 is 0 Å². The smallest absolute Gasteiger partial charge is 0.119 e. The lowest BCUT2D eigenvalue weighted by molar-refractivity contribution is 0.400. The number of rotatable bonds is 6. The highest BCUT2D eigenvalue weighted by Crippen LogP contribution is 2.19. The molecule has 0 radical (unpaired) electrons. The molecule has 2 heteroatoms. The molecule has 2 unspecified atom stereocenters. The third-order valence-corrected chi connectivity index (χ3v) is 2.95. The molecule has 0 aliphatic rings. The van der Waals surface area contributed by atoms with Crippen LogP contribution >= 0.6 is 0 Å². The van der Waals surface area contributed by atoms with Crippen molar-refractivity contribution >= 4 is 0 Å². The van der Waals surface area contributed by atoms with Crippen molar-refractivity contribution < 1.29 is 4.74 Å². The number of benzene rings is 1. The zero-order valence-corrected chi connectivity index (χ0v) is 11.7. The Bertz CT molecular complexity index is 335. The molecule has 0 aliphatic carbocycles. The van der Waals surface area contributed by atoms with Gasteiger partial charge in [-0.3, -0.25) is 0 Å². The SMILES string of the molecule is COc1cccc(C(C)NC(C)CC(C)C)c1. The molecule has 1 aromatic rings. The van der Waals surface area contributed by atoms with Gasteiger partial charge in [-0.1, -0.05) is 26.0 Å². The van der Waals surface area contributed by atoms with Crippen LogP contribution in [0.1, 0.15) is 45.7 Å². The quantitative estimate of drug-likeness (QED) is 0.810. The fourth-order valence-corrected chi connectivity index (χ4v) is 2.21. The van der Waals surface area contributed by atoms with Gasteiger partial charge in [0.1, 0.15) is 5.75 Å². The van der Waals surface area contributed by atoms with Gasteiger partial charge in [-0.2, -0.15) is 0 Å². The molecule has 0 saturated heterocycles. The van der Waals surface area contributed by atoms with Crippen LogP contribution in [0.3, 0.4) is 0 Å². The van der Waals surface area contributed by atoms with Crippen molar-refractivity contribution in [1.82, 2.24) is 5.32 Å². The lowest BCUT2D eigenvalue weighted by atomic mass is 10.0. The van der Waals surface area contributed by atoms with E-state index >= 15 is 0 Å². The average Bonchev–Trinajstić information content (AvgIpc) is 2.27. The molecule has 2 atom stereocenters. The van der Waals surface area contributed by atoms with Crippen molar-refractivity contribution in [3.05, 3.63) is 29.8 Å². The Labute approximate surface area is 105 Å². The average molecular weight is 235 g/mol. The maximum absolute atomic E-state index is 5.25. The highest BCUT2D eigenvalue weighted by Gasteiger charge is 2.11. The van der Waals surface area contributed by atoms with Crippen molar-refractivity contribution in [3.63, 3.8) is 0 Å². The first kappa shape index (κ1) is 14.0. The highest BCUT2D eigenvalue weighted by molar-refractivity contribution is 5.30. The van der Waals surface area contributed by atoms with Crippen LogP contribution in [0.2, 0.25) is 0 Å². The Morgan fingerprint density at radius 3 is 2.47 bits per heavy atom. The Hall–Kier alpha value is -1.02. The molecule has 2 nitrogen and oxygen atoms in total. The van der Waals surface area contributed by atoms with Gasteiger partial charge in [-0.25, -0.2) is 0 Å². The third kappa shape index (κ3) is 4.78. The lowest BCUT2D eigenvalue weighted by Gasteiger charge is -2.22. The summed E-state index contributed by atoms with van der Waals surface area (Å²) in [5.41, 5.74) is 1.28. The second-order valence-corrected chi connectivity index (χ2v) is 5.20. The third-order valence-electron chi connectivity index (χ3n) is 2.95. The number of nitrogens with one attached hydrogen (secondary N) is 1. The van der Waals surface area contributed by atoms with E-state index in [2.05, 4.69) is 45.1 Å². The van der Waals surface area contributed by atoms with E-state index in [0.717, 1.165) is 11.7 Å². The van der Waals surface area contributed by atoms with Crippen LogP contribution in [0.15, 0.2) is 24.3 Å². The van der Waals surface area contributed by atoms with Crippen LogP contribution in [-0.4, -0.2) is 13.2 Å². The van der Waals surface area contributed by atoms with Crippen LogP contribution < -0.4 is 10.1 Å². The van der Waals surface area contributed by atoms with E-state index in [1.807, 2.05) is 12.1 Å². The monoisotopic (exact) mass is 235 g/mol. The van der Waals surface area contributed by atoms with E-state index in [1.165, 1.54) is 12.0 Å². The Kier molecular flexibility index (Phi) is 5.49. The molecule has 0 heterocycles. The molecule has 0 aromatic heterocycles. The number of hydrogen-bond acceptors (Lipinski definition) is 2. The Morgan fingerprint density at radius 2 is 1.88 bits per heavy atom. The first-order valence-electron chi connectivity index (χ1n) is 6.43. The Balaban J connectivity index is 2.59. The molecule has 0 aliphatic heterocycles. The number of ether oxygens (including phenoxy) is 1. The summed E-state index contributed by atoms with van der Waals surface area (Å²) in [6, 6.07) is 9.16. The minimum absolute atomic E-state index is 0.360. The van der Waals surface area contributed by atoms with Gasteiger partial charge >= 0.3 is 0 Å². The van der Waals surface area contributed by atoms with Crippen LogP contribution in [-0.2, 0) is 0 Å². The summed E-state index contributed by atoms with van der Waals surface area (Å²) in [6.45, 7) is 8.96. The molecule has 96 valence electrons.